The molecule has 8 rings (SSSR count). The summed E-state index contributed by atoms with van der Waals surface area (Å²) < 4.78 is 0. The molecular weight excluding hydrogens is 1070 g/mol. The van der Waals surface area contributed by atoms with Gasteiger partial charge in [-0.15, -0.1) is 34.2 Å². The van der Waals surface area contributed by atoms with Gasteiger partial charge in [0.05, 0.1) is 22.8 Å². The fourth-order valence-electron chi connectivity index (χ4n) is 13.3. The van der Waals surface area contributed by atoms with E-state index in [0.29, 0.717) is 0 Å². The first-order valence-corrected chi connectivity index (χ1v) is 30.0. The Morgan fingerprint density at radius 1 is 0.300 bits per heavy atom. The van der Waals surface area contributed by atoms with Gasteiger partial charge in [0.2, 0.25) is 0 Å². The number of rotatable bonds is 20. The first-order chi connectivity index (χ1) is 37.4. The predicted molar refractivity (Wildman–Crippen MR) is 336 cm³/mol. The molecule has 8 nitrogen and oxygen atoms in total. The van der Waals surface area contributed by atoms with Gasteiger partial charge in [-0.3, -0.25) is 20.0 Å². The van der Waals surface area contributed by atoms with Crippen molar-refractivity contribution in [3.63, 3.8) is 0 Å². The van der Waals surface area contributed by atoms with Gasteiger partial charge in [-0.2, -0.15) is 11.4 Å². The molecule has 10 heteroatoms. The molecule has 0 saturated carbocycles. The molecule has 0 aliphatic carbocycles. The Hall–Kier alpha value is -5.27. The zero-order valence-electron chi connectivity index (χ0n) is 52.5. The van der Waals surface area contributed by atoms with Gasteiger partial charge in [0, 0.05) is 22.8 Å². The summed E-state index contributed by atoms with van der Waals surface area (Å²) in [6, 6.07) is 0. The summed E-state index contributed by atoms with van der Waals surface area (Å²) in [5.41, 5.74) is 39.4. The maximum Gasteiger partial charge on any atom is 2.00 e. The number of allylic oxidation sites excluding steroid dienone is 8. The second kappa shape index (κ2) is 28.6. The van der Waals surface area contributed by atoms with Crippen LogP contribution in [0.1, 0.15) is 239 Å². The van der Waals surface area contributed by atoms with E-state index in [1.165, 1.54) is 112 Å². The van der Waals surface area contributed by atoms with Crippen LogP contribution in [0.15, 0.2) is 87.3 Å². The minimum absolute atomic E-state index is 0. The van der Waals surface area contributed by atoms with Gasteiger partial charge in [-0.05, 0) is 176 Å². The van der Waals surface area contributed by atoms with Crippen molar-refractivity contribution < 1.29 is 33.6 Å². The molecular formula is C70H92Co2N8. The van der Waals surface area contributed by atoms with Crippen molar-refractivity contribution in [3.05, 3.63) is 157 Å². The van der Waals surface area contributed by atoms with E-state index in [1.54, 1.807) is 0 Å². The fourth-order valence-corrected chi connectivity index (χ4v) is 13.3. The summed E-state index contributed by atoms with van der Waals surface area (Å²) in [5, 5.41) is 0. The summed E-state index contributed by atoms with van der Waals surface area (Å²) in [5.74, 6) is 0. The number of hydrogen-bond acceptors (Lipinski definition) is 4. The zero-order valence-corrected chi connectivity index (χ0v) is 54.5. The summed E-state index contributed by atoms with van der Waals surface area (Å²) in [6.45, 7) is 44.1. The Morgan fingerprint density at radius 2 is 0.600 bits per heavy atom. The number of nitrogens with zero attached hydrogens (tertiary/aromatic N) is 8. The molecule has 8 heterocycles. The molecule has 0 spiro atoms. The van der Waals surface area contributed by atoms with Crippen molar-refractivity contribution in [1.82, 2.24) is 19.9 Å². The number of aryl methyl sites for hydroxylation is 2. The molecule has 0 saturated heterocycles. The van der Waals surface area contributed by atoms with Crippen LogP contribution in [0.2, 0.25) is 0 Å². The SMILES string of the molecule is CCC1=C(C)/C(=C/c2[n-]c(CC3=N/C(=C\c4[n-]c(C)c(CC)c4C)C(CC)=C3CC)c(CC)c2CC)N=C1C.CCC1=C(C)/C(=C/c2[n-]c(CC3=N/C(=C\c4[n-]c(C)c(CC)c4C)C(CC)=C3CC)c(CC)c2CC)N=C1C.[Co+2].[Co+2]. The Balaban J connectivity index is 0.000000287. The van der Waals surface area contributed by atoms with Gasteiger partial charge < -0.3 is 19.9 Å². The molecule has 4 aromatic rings. The van der Waals surface area contributed by atoms with Crippen LogP contribution in [0, 0.1) is 27.7 Å². The normalized spacial score (nSPS) is 17.4. The Morgan fingerprint density at radius 3 is 0.863 bits per heavy atom. The van der Waals surface area contributed by atoms with Crippen LogP contribution in [0.4, 0.5) is 0 Å². The van der Waals surface area contributed by atoms with Crippen molar-refractivity contribution >= 4 is 47.2 Å². The third-order valence-electron chi connectivity index (χ3n) is 17.4. The molecule has 80 heavy (non-hydrogen) atoms. The van der Waals surface area contributed by atoms with Crippen LogP contribution in [-0.4, -0.2) is 22.8 Å². The third kappa shape index (κ3) is 12.8. The second-order valence-corrected chi connectivity index (χ2v) is 21.5. The molecule has 430 valence electrons. The van der Waals surface area contributed by atoms with Crippen LogP contribution < -0.4 is 19.9 Å². The standard InChI is InChI=1S/2C35H46N4.2Co/c2*1-11-24-20(7)30(36-22(24)9)17-32-26(13-3)28(15-5)34(38-32)19-35-29(16-6)27(14-4)33(39-35)18-31-21(8)25(12-2)23(10)37-31;;/h2*17-18H,11-16,19H2,1-10H3;;/q2*-2;2*+2/b2*30-17-,33-18-;;. The molecule has 0 amide bonds. The number of aliphatic imine (C=N–C) groups is 4. The van der Waals surface area contributed by atoms with E-state index in [9.17, 15) is 0 Å². The van der Waals surface area contributed by atoms with E-state index in [-0.39, 0.29) is 33.6 Å². The summed E-state index contributed by atoms with van der Waals surface area (Å²) >= 11 is 0. The maximum atomic E-state index is 5.25. The zero-order chi connectivity index (χ0) is 56.9. The summed E-state index contributed by atoms with van der Waals surface area (Å²) in [6.07, 6.45) is 22.2. The second-order valence-electron chi connectivity index (χ2n) is 21.5. The summed E-state index contributed by atoms with van der Waals surface area (Å²) in [7, 11) is 0. The van der Waals surface area contributed by atoms with E-state index in [4.69, 9.17) is 39.9 Å². The number of aromatic nitrogens is 4. The van der Waals surface area contributed by atoms with Crippen molar-refractivity contribution in [3.8, 4) is 0 Å². The van der Waals surface area contributed by atoms with Crippen molar-refractivity contribution in [2.24, 2.45) is 20.0 Å². The minimum atomic E-state index is 0. The quantitative estimate of drug-likeness (QED) is 0.0879. The van der Waals surface area contributed by atoms with Crippen molar-refractivity contribution in [2.75, 3.05) is 0 Å². The number of hydrogen-bond donors (Lipinski definition) is 0. The molecule has 4 aliphatic heterocycles. The minimum Gasteiger partial charge on any atom is -0.661 e. The first-order valence-electron chi connectivity index (χ1n) is 30.0. The van der Waals surface area contributed by atoms with E-state index in [0.717, 1.165) is 158 Å². The molecule has 0 aromatic carbocycles. The molecule has 0 atom stereocenters. The van der Waals surface area contributed by atoms with Crippen molar-refractivity contribution in [2.45, 2.75) is 228 Å². The third-order valence-corrected chi connectivity index (χ3v) is 17.4. The maximum absolute atomic E-state index is 5.25. The van der Waals surface area contributed by atoms with Gasteiger partial charge in [0.25, 0.3) is 0 Å². The van der Waals surface area contributed by atoms with Gasteiger partial charge in [-0.25, -0.2) is 0 Å². The van der Waals surface area contributed by atoms with Crippen LogP contribution in [-0.2, 0) is 84.9 Å². The van der Waals surface area contributed by atoms with Gasteiger partial charge >= 0.3 is 33.6 Å². The molecule has 0 bridgehead atoms. The van der Waals surface area contributed by atoms with E-state index < -0.39 is 0 Å². The van der Waals surface area contributed by atoms with Crippen LogP contribution in [0.5, 0.6) is 0 Å². The van der Waals surface area contributed by atoms with Crippen LogP contribution in [0.25, 0.3) is 24.3 Å². The molecule has 0 unspecified atom stereocenters. The van der Waals surface area contributed by atoms with Gasteiger partial charge in [0.15, 0.2) is 0 Å². The smallest absolute Gasteiger partial charge is 0.661 e. The van der Waals surface area contributed by atoms with Crippen LogP contribution in [0.3, 0.4) is 0 Å². The molecule has 0 fully saturated rings. The molecule has 0 N–H and O–H groups in total. The largest absolute Gasteiger partial charge is 2.00 e. The molecule has 2 radical (unpaired) electrons. The van der Waals surface area contributed by atoms with Crippen LogP contribution >= 0.6 is 0 Å². The van der Waals surface area contributed by atoms with Gasteiger partial charge in [-0.1, -0.05) is 166 Å². The van der Waals surface area contributed by atoms with E-state index in [1.807, 2.05) is 0 Å². The van der Waals surface area contributed by atoms with Gasteiger partial charge in [0.1, 0.15) is 0 Å². The van der Waals surface area contributed by atoms with E-state index >= 15 is 0 Å². The Bertz CT molecular complexity index is 3150. The van der Waals surface area contributed by atoms with Crippen molar-refractivity contribution in [1.29, 1.82) is 0 Å². The van der Waals surface area contributed by atoms with E-state index in [2.05, 4.69) is 163 Å². The molecule has 4 aromatic heterocycles. The average Bonchev–Trinajstić information content (AvgIpc) is 4.30. The topological polar surface area (TPSA) is 106 Å². The summed E-state index contributed by atoms with van der Waals surface area (Å²) in [4.78, 5) is 40.6. The fraction of sp³-hybridized carbons (Fsp3) is 0.486. The Labute approximate surface area is 503 Å². The monoisotopic (exact) mass is 1160 g/mol. The molecule has 4 aliphatic rings. The predicted octanol–water partition coefficient (Wildman–Crippen LogP) is 17.2. The Kier molecular flexibility index (Phi) is 23.5. The average molecular weight is 1160 g/mol. The first kappa shape index (κ1) is 65.5.